The highest BCUT2D eigenvalue weighted by molar-refractivity contribution is 7.89. The van der Waals surface area contributed by atoms with Crippen LogP contribution in [-0.4, -0.2) is 40.7 Å². The fraction of sp³-hybridized carbons (Fsp3) is 0.176. The lowest BCUT2D eigenvalue weighted by Crippen LogP contribution is -2.13. The SMILES string of the molecule is CCOC(=O)c1nc(Cc2ccccn2)n(-c2ccc(S(N)(=O)=O)cc2F)n1. The number of nitrogens with zero attached hydrogens (tertiary/aromatic N) is 4. The number of nitrogens with two attached hydrogens (primary N) is 1. The van der Waals surface area contributed by atoms with Crippen LogP contribution in [0.5, 0.6) is 0 Å². The molecule has 0 aliphatic carbocycles. The van der Waals surface area contributed by atoms with Crippen LogP contribution in [0.3, 0.4) is 0 Å². The number of esters is 1. The summed E-state index contributed by atoms with van der Waals surface area (Å²) in [4.78, 5) is 19.9. The van der Waals surface area contributed by atoms with Gasteiger partial charge in [0, 0.05) is 11.9 Å². The summed E-state index contributed by atoms with van der Waals surface area (Å²) in [5, 5.41) is 9.06. The number of hydrogen-bond donors (Lipinski definition) is 1. The normalized spacial score (nSPS) is 11.4. The summed E-state index contributed by atoms with van der Waals surface area (Å²) in [6.45, 7) is 1.76. The van der Waals surface area contributed by atoms with Crippen molar-refractivity contribution in [1.82, 2.24) is 19.7 Å². The maximum atomic E-state index is 14.6. The van der Waals surface area contributed by atoms with E-state index in [1.54, 1.807) is 31.3 Å². The van der Waals surface area contributed by atoms with Crippen molar-refractivity contribution in [1.29, 1.82) is 0 Å². The molecule has 0 aliphatic heterocycles. The van der Waals surface area contributed by atoms with Gasteiger partial charge in [-0.2, -0.15) is 0 Å². The zero-order chi connectivity index (χ0) is 20.3. The first-order valence-corrected chi connectivity index (χ1v) is 9.70. The van der Waals surface area contributed by atoms with Gasteiger partial charge in [0.05, 0.1) is 17.9 Å². The number of carbonyl (C=O) groups is 1. The van der Waals surface area contributed by atoms with Gasteiger partial charge in [0.15, 0.2) is 0 Å². The minimum absolute atomic E-state index is 0.0959. The standard InChI is InChI=1S/C17H16FN5O4S/c1-2-27-17(24)16-21-15(9-11-5-3-4-8-20-11)23(22-16)14-7-6-12(10-13(14)18)28(19,25)26/h3-8,10H,2,9H2,1H3,(H2,19,25,26). The minimum atomic E-state index is -4.07. The third-order valence-corrected chi connectivity index (χ3v) is 4.58. The summed E-state index contributed by atoms with van der Waals surface area (Å²) in [6.07, 6.45) is 1.74. The van der Waals surface area contributed by atoms with E-state index in [0.29, 0.717) is 5.69 Å². The molecule has 0 aliphatic rings. The number of ether oxygens (including phenoxy) is 1. The van der Waals surface area contributed by atoms with Gasteiger partial charge < -0.3 is 4.74 Å². The topological polar surface area (TPSA) is 130 Å². The van der Waals surface area contributed by atoms with Crippen LogP contribution in [0, 0.1) is 5.82 Å². The molecule has 2 N–H and O–H groups in total. The first kappa shape index (κ1) is 19.6. The van der Waals surface area contributed by atoms with E-state index in [-0.39, 0.29) is 35.3 Å². The third-order valence-electron chi connectivity index (χ3n) is 3.67. The fourth-order valence-electron chi connectivity index (χ4n) is 2.43. The lowest BCUT2D eigenvalue weighted by atomic mass is 10.2. The molecule has 0 saturated heterocycles. The Kier molecular flexibility index (Phi) is 5.47. The predicted molar refractivity (Wildman–Crippen MR) is 95.7 cm³/mol. The minimum Gasteiger partial charge on any atom is -0.460 e. The molecule has 3 rings (SSSR count). The average molecular weight is 405 g/mol. The fourth-order valence-corrected chi connectivity index (χ4v) is 2.96. The largest absolute Gasteiger partial charge is 0.460 e. The van der Waals surface area contributed by atoms with Crippen LogP contribution in [0.4, 0.5) is 4.39 Å². The van der Waals surface area contributed by atoms with Crippen LogP contribution >= 0.6 is 0 Å². The maximum Gasteiger partial charge on any atom is 0.378 e. The quantitative estimate of drug-likeness (QED) is 0.610. The zero-order valence-electron chi connectivity index (χ0n) is 14.7. The number of aromatic nitrogens is 4. The second-order valence-corrected chi connectivity index (χ2v) is 7.20. The molecule has 0 unspecified atom stereocenters. The van der Waals surface area contributed by atoms with Gasteiger partial charge in [-0.3, -0.25) is 4.98 Å². The Morgan fingerprint density at radius 3 is 2.68 bits per heavy atom. The molecule has 0 radical (unpaired) electrons. The van der Waals surface area contributed by atoms with Crippen molar-refractivity contribution in [3.05, 3.63) is 65.8 Å². The summed E-state index contributed by atoms with van der Waals surface area (Å²) >= 11 is 0. The lowest BCUT2D eigenvalue weighted by Gasteiger charge is -2.08. The number of sulfonamides is 1. The Balaban J connectivity index is 2.09. The smallest absolute Gasteiger partial charge is 0.378 e. The van der Waals surface area contributed by atoms with E-state index >= 15 is 0 Å². The van der Waals surface area contributed by atoms with Gasteiger partial charge in [-0.05, 0) is 37.3 Å². The molecule has 3 aromatic rings. The van der Waals surface area contributed by atoms with E-state index in [9.17, 15) is 17.6 Å². The zero-order valence-corrected chi connectivity index (χ0v) is 15.6. The molecule has 0 bridgehead atoms. The van der Waals surface area contributed by atoms with Crippen molar-refractivity contribution < 1.29 is 22.3 Å². The van der Waals surface area contributed by atoms with Crippen LogP contribution in [0.2, 0.25) is 0 Å². The Hall–Kier alpha value is -3.18. The van der Waals surface area contributed by atoms with Gasteiger partial charge in [-0.15, -0.1) is 5.10 Å². The van der Waals surface area contributed by atoms with Gasteiger partial charge in [-0.1, -0.05) is 6.07 Å². The maximum absolute atomic E-state index is 14.6. The van der Waals surface area contributed by atoms with Crippen molar-refractivity contribution in [3.8, 4) is 5.69 Å². The van der Waals surface area contributed by atoms with Gasteiger partial charge in [0.1, 0.15) is 17.3 Å². The van der Waals surface area contributed by atoms with Crippen molar-refractivity contribution in [3.63, 3.8) is 0 Å². The van der Waals surface area contributed by atoms with Crippen LogP contribution in [0.15, 0.2) is 47.5 Å². The lowest BCUT2D eigenvalue weighted by molar-refractivity contribution is 0.0512. The number of rotatable bonds is 6. The molecule has 0 spiro atoms. The average Bonchev–Trinajstić information content (AvgIpc) is 3.05. The van der Waals surface area contributed by atoms with Gasteiger partial charge in [0.25, 0.3) is 5.82 Å². The second kappa shape index (κ2) is 7.82. The van der Waals surface area contributed by atoms with E-state index in [1.165, 1.54) is 6.07 Å². The molecular weight excluding hydrogens is 389 g/mol. The Morgan fingerprint density at radius 2 is 2.07 bits per heavy atom. The monoisotopic (exact) mass is 405 g/mol. The number of halogens is 1. The molecule has 2 heterocycles. The molecule has 0 amide bonds. The molecule has 0 atom stereocenters. The molecule has 0 saturated carbocycles. The van der Waals surface area contributed by atoms with Crippen molar-refractivity contribution in [2.75, 3.05) is 6.61 Å². The van der Waals surface area contributed by atoms with Crippen LogP contribution in [0.1, 0.15) is 29.1 Å². The second-order valence-electron chi connectivity index (χ2n) is 5.64. The molecule has 28 heavy (non-hydrogen) atoms. The van der Waals surface area contributed by atoms with Gasteiger partial charge in [-0.25, -0.2) is 32.4 Å². The van der Waals surface area contributed by atoms with E-state index in [4.69, 9.17) is 9.88 Å². The van der Waals surface area contributed by atoms with Gasteiger partial charge >= 0.3 is 5.97 Å². The summed E-state index contributed by atoms with van der Waals surface area (Å²) < 4.78 is 43.4. The number of pyridine rings is 1. The van der Waals surface area contributed by atoms with Crippen LogP contribution < -0.4 is 5.14 Å². The molecule has 2 aromatic heterocycles. The first-order valence-electron chi connectivity index (χ1n) is 8.15. The summed E-state index contributed by atoms with van der Waals surface area (Å²) in [6, 6.07) is 8.37. The van der Waals surface area contributed by atoms with Gasteiger partial charge in [0.2, 0.25) is 10.0 Å². The van der Waals surface area contributed by atoms with Crippen LogP contribution in [0.25, 0.3) is 5.69 Å². The number of primary sulfonamides is 1. The highest BCUT2D eigenvalue weighted by Gasteiger charge is 2.21. The Bertz CT molecular complexity index is 1120. The number of hydrogen-bond acceptors (Lipinski definition) is 7. The highest BCUT2D eigenvalue weighted by atomic mass is 32.2. The predicted octanol–water partition coefficient (Wildman–Crippen LogP) is 1.22. The molecule has 11 heteroatoms. The summed E-state index contributed by atoms with van der Waals surface area (Å²) in [5.41, 5.74) is 0.523. The van der Waals surface area contributed by atoms with E-state index in [2.05, 4.69) is 15.1 Å². The van der Waals surface area contributed by atoms with E-state index in [0.717, 1.165) is 16.8 Å². The van der Waals surface area contributed by atoms with E-state index in [1.807, 2.05) is 0 Å². The number of carbonyl (C=O) groups excluding carboxylic acids is 1. The summed E-state index contributed by atoms with van der Waals surface area (Å²) in [5.74, 6) is -1.68. The van der Waals surface area contributed by atoms with Crippen molar-refractivity contribution in [2.24, 2.45) is 5.14 Å². The highest BCUT2D eigenvalue weighted by Crippen LogP contribution is 2.20. The molecular formula is C17H16FN5O4S. The molecule has 9 nitrogen and oxygen atoms in total. The number of benzene rings is 1. The Labute approximate surface area is 160 Å². The first-order chi connectivity index (χ1) is 13.3. The molecule has 0 fully saturated rings. The molecule has 146 valence electrons. The summed E-state index contributed by atoms with van der Waals surface area (Å²) in [7, 11) is -4.07. The van der Waals surface area contributed by atoms with Crippen molar-refractivity contribution in [2.45, 2.75) is 18.2 Å². The van der Waals surface area contributed by atoms with Crippen molar-refractivity contribution >= 4 is 16.0 Å². The Morgan fingerprint density at radius 1 is 1.29 bits per heavy atom. The molecule has 1 aromatic carbocycles. The third kappa shape index (κ3) is 4.21. The van der Waals surface area contributed by atoms with E-state index < -0.39 is 21.8 Å². The van der Waals surface area contributed by atoms with Crippen LogP contribution in [-0.2, 0) is 21.2 Å².